The van der Waals surface area contributed by atoms with E-state index in [2.05, 4.69) is 6.92 Å². The van der Waals surface area contributed by atoms with Crippen LogP contribution in [0.15, 0.2) is 53.4 Å². The molecule has 30 heavy (non-hydrogen) atoms. The fourth-order valence-corrected chi connectivity index (χ4v) is 4.34. The standard InChI is InChI=1S/C23H31NO5S/c1-4-7-17-24(20-11-9-19(10-12-20)23(25)28-6-3)30(26,27)22-15-13-21(14-16-22)29-18-8-5-2/h9-16H,4-8,17-18H2,1-3H3. The van der Waals surface area contributed by atoms with Crippen LogP contribution < -0.4 is 9.04 Å². The molecular formula is C23H31NO5S. The van der Waals surface area contributed by atoms with Gasteiger partial charge in [0.25, 0.3) is 10.0 Å². The number of nitrogens with zero attached hydrogens (tertiary/aromatic N) is 1. The predicted molar refractivity (Wildman–Crippen MR) is 119 cm³/mol. The van der Waals surface area contributed by atoms with Gasteiger partial charge >= 0.3 is 5.97 Å². The average Bonchev–Trinajstić information content (AvgIpc) is 2.75. The minimum atomic E-state index is -3.75. The van der Waals surface area contributed by atoms with Crippen LogP contribution in [0, 0.1) is 0 Å². The molecule has 0 aliphatic heterocycles. The summed E-state index contributed by atoms with van der Waals surface area (Å²) in [5.74, 6) is 0.229. The summed E-state index contributed by atoms with van der Waals surface area (Å²) in [5, 5.41) is 0. The molecular weight excluding hydrogens is 402 g/mol. The highest BCUT2D eigenvalue weighted by Gasteiger charge is 2.25. The van der Waals surface area contributed by atoms with Crippen LogP contribution in [0.5, 0.6) is 5.75 Å². The van der Waals surface area contributed by atoms with Crippen LogP contribution in [0.1, 0.15) is 56.8 Å². The SMILES string of the molecule is CCCCOc1ccc(S(=O)(=O)N(CCCC)c2ccc(C(=O)OCC)cc2)cc1. The first-order chi connectivity index (χ1) is 14.4. The maximum absolute atomic E-state index is 13.3. The summed E-state index contributed by atoms with van der Waals surface area (Å²) >= 11 is 0. The van der Waals surface area contributed by atoms with Gasteiger partial charge in [0.15, 0.2) is 0 Å². The van der Waals surface area contributed by atoms with Gasteiger partial charge in [0.1, 0.15) is 5.75 Å². The average molecular weight is 434 g/mol. The molecule has 0 aromatic heterocycles. The fourth-order valence-electron chi connectivity index (χ4n) is 2.84. The van der Waals surface area contributed by atoms with E-state index in [0.29, 0.717) is 30.2 Å². The predicted octanol–water partition coefficient (Wildman–Crippen LogP) is 5.04. The van der Waals surface area contributed by atoms with E-state index in [1.54, 1.807) is 55.5 Å². The van der Waals surface area contributed by atoms with Crippen molar-refractivity contribution in [3.05, 3.63) is 54.1 Å². The smallest absolute Gasteiger partial charge is 0.338 e. The number of unbranched alkanes of at least 4 members (excludes halogenated alkanes) is 2. The van der Waals surface area contributed by atoms with Crippen LogP contribution in [-0.2, 0) is 14.8 Å². The van der Waals surface area contributed by atoms with Gasteiger partial charge in [0.2, 0.25) is 0 Å². The van der Waals surface area contributed by atoms with E-state index in [0.717, 1.165) is 25.7 Å². The summed E-state index contributed by atoms with van der Waals surface area (Å²) in [6.45, 7) is 7.09. The van der Waals surface area contributed by atoms with Gasteiger partial charge in [-0.25, -0.2) is 13.2 Å². The van der Waals surface area contributed by atoms with Crippen LogP contribution in [0.4, 0.5) is 5.69 Å². The highest BCUT2D eigenvalue weighted by atomic mass is 32.2. The number of rotatable bonds is 12. The van der Waals surface area contributed by atoms with Crippen molar-refractivity contribution in [2.24, 2.45) is 0 Å². The molecule has 6 nitrogen and oxygen atoms in total. The summed E-state index contributed by atoms with van der Waals surface area (Å²) < 4.78 is 38.7. The molecule has 0 aliphatic rings. The molecule has 0 amide bonds. The van der Waals surface area contributed by atoms with Gasteiger partial charge in [-0.3, -0.25) is 4.31 Å². The van der Waals surface area contributed by atoms with Crippen molar-refractivity contribution in [2.45, 2.75) is 51.3 Å². The Kier molecular flexibility index (Phi) is 9.17. The summed E-state index contributed by atoms with van der Waals surface area (Å²) in [6, 6.07) is 13.0. The second-order valence-corrected chi connectivity index (χ2v) is 8.73. The number of anilines is 1. The van der Waals surface area contributed by atoms with Gasteiger partial charge in [-0.15, -0.1) is 0 Å². The molecule has 0 unspecified atom stereocenters. The van der Waals surface area contributed by atoms with Crippen molar-refractivity contribution in [2.75, 3.05) is 24.1 Å². The van der Waals surface area contributed by atoms with Gasteiger partial charge in [-0.1, -0.05) is 26.7 Å². The Bertz CT molecular complexity index is 892. The minimum Gasteiger partial charge on any atom is -0.494 e. The third kappa shape index (κ3) is 6.23. The highest BCUT2D eigenvalue weighted by molar-refractivity contribution is 7.92. The van der Waals surface area contributed by atoms with E-state index in [1.165, 1.54) is 4.31 Å². The molecule has 2 aromatic rings. The molecule has 0 spiro atoms. The lowest BCUT2D eigenvalue weighted by Crippen LogP contribution is -2.32. The number of esters is 1. The van der Waals surface area contributed by atoms with Gasteiger partial charge in [-0.05, 0) is 68.3 Å². The molecule has 0 heterocycles. The Morgan fingerprint density at radius 1 is 0.900 bits per heavy atom. The molecule has 2 rings (SSSR count). The molecule has 2 aromatic carbocycles. The maximum atomic E-state index is 13.3. The number of hydrogen-bond donors (Lipinski definition) is 0. The summed E-state index contributed by atoms with van der Waals surface area (Å²) in [6.07, 6.45) is 3.56. The van der Waals surface area contributed by atoms with Crippen molar-refractivity contribution >= 4 is 21.7 Å². The van der Waals surface area contributed by atoms with Crippen molar-refractivity contribution in [3.63, 3.8) is 0 Å². The van der Waals surface area contributed by atoms with Crippen molar-refractivity contribution < 1.29 is 22.7 Å². The summed E-state index contributed by atoms with van der Waals surface area (Å²) in [5.41, 5.74) is 0.904. The zero-order valence-corrected chi connectivity index (χ0v) is 18.8. The number of sulfonamides is 1. The molecule has 0 atom stereocenters. The Labute approximate surface area is 179 Å². The van der Waals surface area contributed by atoms with Gasteiger partial charge in [0, 0.05) is 6.54 Å². The molecule has 0 aliphatic carbocycles. The quantitative estimate of drug-likeness (QED) is 0.346. The van der Waals surface area contributed by atoms with E-state index >= 15 is 0 Å². The number of carbonyl (C=O) groups is 1. The lowest BCUT2D eigenvalue weighted by molar-refractivity contribution is 0.0526. The van der Waals surface area contributed by atoms with E-state index in [-0.39, 0.29) is 11.5 Å². The van der Waals surface area contributed by atoms with Crippen LogP contribution in [0.25, 0.3) is 0 Å². The Balaban J connectivity index is 2.27. The fraction of sp³-hybridized carbons (Fsp3) is 0.435. The van der Waals surface area contributed by atoms with Gasteiger partial charge in [-0.2, -0.15) is 0 Å². The maximum Gasteiger partial charge on any atom is 0.338 e. The number of hydrogen-bond acceptors (Lipinski definition) is 5. The zero-order chi connectivity index (χ0) is 22.0. The monoisotopic (exact) mass is 433 g/mol. The third-order valence-electron chi connectivity index (χ3n) is 4.56. The first-order valence-corrected chi connectivity index (χ1v) is 11.9. The number of benzene rings is 2. The first kappa shape index (κ1) is 23.7. The number of ether oxygens (including phenoxy) is 2. The Morgan fingerprint density at radius 2 is 1.53 bits per heavy atom. The second-order valence-electron chi connectivity index (χ2n) is 6.87. The van der Waals surface area contributed by atoms with E-state index < -0.39 is 16.0 Å². The number of carbonyl (C=O) groups excluding carboxylic acids is 1. The normalized spacial score (nSPS) is 11.2. The molecule has 7 heteroatoms. The van der Waals surface area contributed by atoms with Crippen LogP contribution in [-0.4, -0.2) is 34.1 Å². The van der Waals surface area contributed by atoms with Crippen molar-refractivity contribution in [1.82, 2.24) is 0 Å². The Hall–Kier alpha value is -2.54. The first-order valence-electron chi connectivity index (χ1n) is 10.5. The molecule has 0 N–H and O–H groups in total. The lowest BCUT2D eigenvalue weighted by atomic mass is 10.2. The third-order valence-corrected chi connectivity index (χ3v) is 6.40. The van der Waals surface area contributed by atoms with E-state index in [4.69, 9.17) is 9.47 Å². The molecule has 0 radical (unpaired) electrons. The van der Waals surface area contributed by atoms with Gasteiger partial charge in [0.05, 0.1) is 29.4 Å². The summed E-state index contributed by atoms with van der Waals surface area (Å²) in [7, 11) is -3.75. The van der Waals surface area contributed by atoms with Crippen molar-refractivity contribution in [3.8, 4) is 5.75 Å². The summed E-state index contributed by atoms with van der Waals surface area (Å²) in [4.78, 5) is 12.1. The largest absolute Gasteiger partial charge is 0.494 e. The minimum absolute atomic E-state index is 0.205. The van der Waals surface area contributed by atoms with Crippen LogP contribution in [0.3, 0.4) is 0 Å². The molecule has 0 fully saturated rings. The topological polar surface area (TPSA) is 72.9 Å². The Morgan fingerprint density at radius 3 is 2.10 bits per heavy atom. The van der Waals surface area contributed by atoms with E-state index in [9.17, 15) is 13.2 Å². The highest BCUT2D eigenvalue weighted by Crippen LogP contribution is 2.26. The zero-order valence-electron chi connectivity index (χ0n) is 18.0. The lowest BCUT2D eigenvalue weighted by Gasteiger charge is -2.24. The van der Waals surface area contributed by atoms with Crippen LogP contribution in [0.2, 0.25) is 0 Å². The molecule has 0 saturated heterocycles. The van der Waals surface area contributed by atoms with E-state index in [1.807, 2.05) is 6.92 Å². The van der Waals surface area contributed by atoms with Gasteiger partial charge < -0.3 is 9.47 Å². The molecule has 0 bridgehead atoms. The van der Waals surface area contributed by atoms with Crippen LogP contribution >= 0.6 is 0 Å². The molecule has 164 valence electrons. The second kappa shape index (κ2) is 11.6. The van der Waals surface area contributed by atoms with Crippen molar-refractivity contribution in [1.29, 1.82) is 0 Å². The molecule has 0 saturated carbocycles.